The smallest absolute Gasteiger partial charge is 0.0977 e. The first-order chi connectivity index (χ1) is 7.77. The molecule has 0 aromatic carbocycles. The minimum Gasteiger partial charge on any atom is -1.00 e. The topological polar surface area (TPSA) is 27.6 Å². The molecule has 0 aromatic heterocycles. The fourth-order valence-electron chi connectivity index (χ4n) is 2.61. The lowest BCUT2D eigenvalue weighted by Crippen LogP contribution is -3.00. The molecule has 0 unspecified atom stereocenters. The average Bonchev–Trinajstić information content (AvgIpc) is 2.21. The fraction of sp³-hybridized carbons (Fsp3) is 0.750. The van der Waals surface area contributed by atoms with Gasteiger partial charge in [-0.05, 0) is 53.4 Å². The first kappa shape index (κ1) is 17.7. The molecule has 0 bridgehead atoms. The Hall–Kier alpha value is -0.270. The fourth-order valence-corrected chi connectivity index (χ4v) is 2.61. The van der Waals surface area contributed by atoms with Crippen molar-refractivity contribution in [1.82, 2.24) is 0 Å². The van der Waals surface area contributed by atoms with Gasteiger partial charge in [0, 0.05) is 11.8 Å². The highest BCUT2D eigenvalue weighted by Crippen LogP contribution is 2.43. The van der Waals surface area contributed by atoms with Gasteiger partial charge in [0.15, 0.2) is 0 Å². The molecule has 1 aliphatic carbocycles. The van der Waals surface area contributed by atoms with Crippen LogP contribution in [0.3, 0.4) is 0 Å². The molecule has 2 heteroatoms. The van der Waals surface area contributed by atoms with Crippen LogP contribution in [-0.2, 0) is 0 Å². The second kappa shape index (κ2) is 6.77. The van der Waals surface area contributed by atoms with Crippen LogP contribution in [0.2, 0.25) is 0 Å². The Morgan fingerprint density at radius 1 is 1.50 bits per heavy atom. The normalized spacial score (nSPS) is 26.7. The minimum absolute atomic E-state index is 0. The van der Waals surface area contributed by atoms with E-state index in [1.54, 1.807) is 5.57 Å². The highest BCUT2D eigenvalue weighted by molar-refractivity contribution is 5.10. The zero-order valence-corrected chi connectivity index (χ0v) is 13.5. The summed E-state index contributed by atoms with van der Waals surface area (Å²) >= 11 is 0. The second-order valence-corrected chi connectivity index (χ2v) is 6.70. The third-order valence-electron chi connectivity index (χ3n) is 4.68. The van der Waals surface area contributed by atoms with E-state index in [1.807, 2.05) is 0 Å². The van der Waals surface area contributed by atoms with Crippen LogP contribution in [0.15, 0.2) is 23.3 Å². The van der Waals surface area contributed by atoms with Gasteiger partial charge in [0.1, 0.15) is 0 Å². The molecule has 0 aliphatic heterocycles. The Labute approximate surface area is 119 Å². The van der Waals surface area contributed by atoms with Gasteiger partial charge in [-0.15, -0.1) is 0 Å². The summed E-state index contributed by atoms with van der Waals surface area (Å²) in [6, 6.07) is 0. The first-order valence-electron chi connectivity index (χ1n) is 6.91. The summed E-state index contributed by atoms with van der Waals surface area (Å²) in [4.78, 5) is 0. The molecule has 0 radical (unpaired) electrons. The molecule has 1 rings (SSSR count). The van der Waals surface area contributed by atoms with Gasteiger partial charge in [0.2, 0.25) is 0 Å². The molecule has 0 saturated carbocycles. The summed E-state index contributed by atoms with van der Waals surface area (Å²) in [6.45, 7) is 11.4. The number of halogens is 1. The lowest BCUT2D eigenvalue weighted by molar-refractivity contribution is -0.503. The summed E-state index contributed by atoms with van der Waals surface area (Å²) < 4.78 is 0. The summed E-state index contributed by atoms with van der Waals surface area (Å²) in [6.07, 6.45) is 10.9. The second-order valence-electron chi connectivity index (χ2n) is 6.70. The Balaban J connectivity index is 0.00000289. The van der Waals surface area contributed by atoms with Crippen molar-refractivity contribution in [2.24, 2.45) is 5.41 Å². The van der Waals surface area contributed by atoms with Crippen molar-refractivity contribution in [2.75, 3.05) is 0 Å². The van der Waals surface area contributed by atoms with Crippen molar-refractivity contribution in [3.05, 3.63) is 23.3 Å². The zero-order chi connectivity index (χ0) is 13.1. The van der Waals surface area contributed by atoms with E-state index in [4.69, 9.17) is 0 Å². The lowest BCUT2D eigenvalue weighted by atomic mass is 9.63. The third-order valence-corrected chi connectivity index (χ3v) is 4.68. The van der Waals surface area contributed by atoms with Crippen molar-refractivity contribution in [3.8, 4) is 0 Å². The highest BCUT2D eigenvalue weighted by atomic mass is 35.5. The lowest BCUT2D eigenvalue weighted by Gasteiger charge is -2.43. The van der Waals surface area contributed by atoms with Gasteiger partial charge in [-0.1, -0.05) is 30.2 Å². The number of rotatable bonds is 4. The molecule has 1 nitrogen and oxygen atoms in total. The van der Waals surface area contributed by atoms with E-state index >= 15 is 0 Å². The molecular weight excluding hydrogens is 242 g/mol. The number of hydrogen-bond acceptors (Lipinski definition) is 0. The van der Waals surface area contributed by atoms with Crippen LogP contribution in [0.25, 0.3) is 0 Å². The summed E-state index contributed by atoms with van der Waals surface area (Å²) in [5.74, 6) is 0. The van der Waals surface area contributed by atoms with Crippen LogP contribution in [0.1, 0.15) is 66.7 Å². The van der Waals surface area contributed by atoms with Crippen LogP contribution < -0.4 is 18.1 Å². The summed E-state index contributed by atoms with van der Waals surface area (Å²) in [5.41, 5.74) is 8.08. The SMILES string of the molecule is CC(C)=CCC[C@@](C)([NH3+])[C@@]1(C)CC=C(C)CC1.[Cl-]. The molecular formula is C16H30ClN. The molecule has 18 heavy (non-hydrogen) atoms. The predicted octanol–water partition coefficient (Wildman–Crippen LogP) is 0.874. The minimum atomic E-state index is 0. The number of quaternary nitrogens is 1. The van der Waals surface area contributed by atoms with Crippen molar-refractivity contribution in [2.45, 2.75) is 72.3 Å². The molecule has 0 spiro atoms. The molecule has 0 saturated heterocycles. The number of hydrogen-bond donors (Lipinski definition) is 1. The first-order valence-corrected chi connectivity index (χ1v) is 6.91. The van der Waals surface area contributed by atoms with E-state index in [1.165, 1.54) is 37.7 Å². The van der Waals surface area contributed by atoms with Gasteiger partial charge in [-0.25, -0.2) is 0 Å². The Morgan fingerprint density at radius 2 is 2.11 bits per heavy atom. The Kier molecular flexibility index (Phi) is 6.67. The van der Waals surface area contributed by atoms with Gasteiger partial charge in [0.05, 0.1) is 5.54 Å². The molecule has 106 valence electrons. The predicted molar refractivity (Wildman–Crippen MR) is 75.7 cm³/mol. The third kappa shape index (κ3) is 4.44. The highest BCUT2D eigenvalue weighted by Gasteiger charge is 2.44. The van der Waals surface area contributed by atoms with Gasteiger partial charge in [0.25, 0.3) is 0 Å². The van der Waals surface area contributed by atoms with E-state index in [9.17, 15) is 0 Å². The maximum absolute atomic E-state index is 4.53. The van der Waals surface area contributed by atoms with Crippen LogP contribution >= 0.6 is 0 Å². The standard InChI is InChI=1S/C16H29N.ClH/c1-13(2)7-6-10-16(5,17)15(4)11-8-14(3)9-12-15;/h7-8H,6,9-12,17H2,1-5H3;1H/t15-,16+;/m0./s1. The van der Waals surface area contributed by atoms with Crippen LogP contribution in [0.5, 0.6) is 0 Å². The quantitative estimate of drug-likeness (QED) is 0.735. The maximum Gasteiger partial charge on any atom is 0.0977 e. The van der Waals surface area contributed by atoms with Gasteiger partial charge in [-0.2, -0.15) is 0 Å². The molecule has 0 amide bonds. The van der Waals surface area contributed by atoms with Crippen molar-refractivity contribution in [3.63, 3.8) is 0 Å². The van der Waals surface area contributed by atoms with E-state index < -0.39 is 0 Å². The monoisotopic (exact) mass is 271 g/mol. The largest absolute Gasteiger partial charge is 1.00 e. The van der Waals surface area contributed by atoms with Crippen LogP contribution in [-0.4, -0.2) is 5.54 Å². The Morgan fingerprint density at radius 3 is 2.56 bits per heavy atom. The Bertz CT molecular complexity index is 324. The van der Waals surface area contributed by atoms with Crippen molar-refractivity contribution < 1.29 is 18.1 Å². The van der Waals surface area contributed by atoms with Crippen molar-refractivity contribution >= 4 is 0 Å². The van der Waals surface area contributed by atoms with E-state index in [-0.39, 0.29) is 17.9 Å². The van der Waals surface area contributed by atoms with Gasteiger partial charge >= 0.3 is 0 Å². The summed E-state index contributed by atoms with van der Waals surface area (Å²) in [7, 11) is 0. The molecule has 0 fully saturated rings. The van der Waals surface area contributed by atoms with Gasteiger partial charge in [-0.3, -0.25) is 0 Å². The van der Waals surface area contributed by atoms with Crippen molar-refractivity contribution in [1.29, 1.82) is 0 Å². The van der Waals surface area contributed by atoms with Gasteiger partial charge < -0.3 is 18.1 Å². The average molecular weight is 272 g/mol. The molecule has 3 N–H and O–H groups in total. The molecule has 0 heterocycles. The maximum atomic E-state index is 4.53. The molecule has 1 aliphatic rings. The van der Waals surface area contributed by atoms with E-state index in [0.29, 0.717) is 5.41 Å². The summed E-state index contributed by atoms with van der Waals surface area (Å²) in [5, 5.41) is 0. The van der Waals surface area contributed by atoms with E-state index in [2.05, 4.69) is 52.5 Å². The zero-order valence-electron chi connectivity index (χ0n) is 12.8. The van der Waals surface area contributed by atoms with E-state index in [0.717, 1.165) is 0 Å². The molecule has 0 aromatic rings. The molecule has 2 atom stereocenters. The van der Waals surface area contributed by atoms with Crippen LogP contribution in [0.4, 0.5) is 0 Å². The van der Waals surface area contributed by atoms with Crippen LogP contribution in [0, 0.1) is 5.41 Å². The number of allylic oxidation sites excluding steroid dienone is 4.